The molecule has 0 aliphatic heterocycles. The molecular formula is C17H16IrN3-. The average Bonchev–Trinajstić information content (AvgIpc) is 2.85. The van der Waals surface area contributed by atoms with Gasteiger partial charge in [0.05, 0.1) is 5.82 Å². The van der Waals surface area contributed by atoms with E-state index in [4.69, 9.17) is 0 Å². The van der Waals surface area contributed by atoms with Crippen molar-refractivity contribution in [2.24, 2.45) is 7.05 Å². The van der Waals surface area contributed by atoms with Crippen LogP contribution in [0.15, 0.2) is 42.7 Å². The summed E-state index contributed by atoms with van der Waals surface area (Å²) in [6.45, 7) is 4.27. The molecule has 0 unspecified atom stereocenters. The molecule has 3 nitrogen and oxygen atoms in total. The van der Waals surface area contributed by atoms with Crippen molar-refractivity contribution in [2.75, 3.05) is 0 Å². The average molecular weight is 455 g/mol. The quantitative estimate of drug-likeness (QED) is 0.555. The van der Waals surface area contributed by atoms with E-state index in [9.17, 15) is 0 Å². The molecule has 0 aliphatic rings. The van der Waals surface area contributed by atoms with E-state index in [-0.39, 0.29) is 20.1 Å². The summed E-state index contributed by atoms with van der Waals surface area (Å²) in [6.07, 6.45) is 1.57. The van der Waals surface area contributed by atoms with Crippen LogP contribution in [0.3, 0.4) is 0 Å². The number of rotatable bonds is 2. The third kappa shape index (κ3) is 2.82. The summed E-state index contributed by atoms with van der Waals surface area (Å²) in [5, 5.41) is 4.16. The zero-order valence-corrected chi connectivity index (χ0v) is 14.6. The summed E-state index contributed by atoms with van der Waals surface area (Å²) in [5.74, 6) is 0.836. The second-order valence-corrected chi connectivity index (χ2v) is 4.93. The first-order chi connectivity index (χ1) is 9.68. The van der Waals surface area contributed by atoms with Gasteiger partial charge in [-0.25, -0.2) is 0 Å². The monoisotopic (exact) mass is 455 g/mol. The minimum absolute atomic E-state index is 0. The van der Waals surface area contributed by atoms with Crippen LogP contribution in [0.2, 0.25) is 0 Å². The van der Waals surface area contributed by atoms with Gasteiger partial charge in [0.15, 0.2) is 0 Å². The Hall–Kier alpha value is -1.77. The summed E-state index contributed by atoms with van der Waals surface area (Å²) in [5.41, 5.74) is 5.91. The Morgan fingerprint density at radius 2 is 1.76 bits per heavy atom. The van der Waals surface area contributed by atoms with E-state index < -0.39 is 0 Å². The molecule has 0 N–H and O–H groups in total. The molecule has 3 aromatic rings. The second-order valence-electron chi connectivity index (χ2n) is 4.93. The van der Waals surface area contributed by atoms with Crippen LogP contribution in [0.5, 0.6) is 0 Å². The van der Waals surface area contributed by atoms with Gasteiger partial charge < -0.3 is 0 Å². The van der Waals surface area contributed by atoms with Gasteiger partial charge in [-0.15, -0.1) is 24.3 Å². The molecule has 0 spiro atoms. The van der Waals surface area contributed by atoms with Crippen LogP contribution in [0.4, 0.5) is 0 Å². The van der Waals surface area contributed by atoms with Crippen LogP contribution in [0.1, 0.15) is 11.1 Å². The van der Waals surface area contributed by atoms with Gasteiger partial charge in [-0.3, -0.25) is 9.67 Å². The zero-order valence-electron chi connectivity index (χ0n) is 12.2. The van der Waals surface area contributed by atoms with Gasteiger partial charge in [0.1, 0.15) is 6.33 Å². The Morgan fingerprint density at radius 3 is 2.38 bits per heavy atom. The van der Waals surface area contributed by atoms with E-state index in [1.807, 2.05) is 19.2 Å². The summed E-state index contributed by atoms with van der Waals surface area (Å²) in [7, 11) is 1.90. The Bertz CT molecular complexity index is 742. The first kappa shape index (κ1) is 15.6. The maximum Gasteiger partial charge on any atom is 0.127 e. The Balaban J connectivity index is 0.00000161. The smallest absolute Gasteiger partial charge is 0.127 e. The molecule has 1 aromatic heterocycles. The van der Waals surface area contributed by atoms with Crippen molar-refractivity contribution in [1.29, 1.82) is 0 Å². The number of hydrogen-bond acceptors (Lipinski definition) is 2. The summed E-state index contributed by atoms with van der Waals surface area (Å²) in [4.78, 5) is 4.35. The van der Waals surface area contributed by atoms with E-state index in [0.29, 0.717) is 0 Å². The fourth-order valence-corrected chi connectivity index (χ4v) is 2.59. The van der Waals surface area contributed by atoms with Crippen molar-refractivity contribution in [3.8, 4) is 22.5 Å². The summed E-state index contributed by atoms with van der Waals surface area (Å²) >= 11 is 0. The third-order valence-corrected chi connectivity index (χ3v) is 3.54. The standard InChI is InChI=1S/C17H16N3.Ir/c1-12-7-6-8-13(2)16(12)14-9-4-5-10-15(14)17-18-11-19-20(17)3;/h4-9,11H,1-3H3;/q-1;. The molecule has 1 heterocycles. The first-order valence-corrected chi connectivity index (χ1v) is 6.60. The molecule has 0 bridgehead atoms. The van der Waals surface area contributed by atoms with Crippen molar-refractivity contribution in [3.63, 3.8) is 0 Å². The van der Waals surface area contributed by atoms with Crippen molar-refractivity contribution in [3.05, 3.63) is 59.9 Å². The molecular weight excluding hydrogens is 438 g/mol. The van der Waals surface area contributed by atoms with Crippen molar-refractivity contribution in [2.45, 2.75) is 13.8 Å². The first-order valence-electron chi connectivity index (χ1n) is 6.60. The number of aryl methyl sites for hydroxylation is 3. The number of nitrogens with zero attached hydrogens (tertiary/aromatic N) is 3. The van der Waals surface area contributed by atoms with Gasteiger partial charge in [0, 0.05) is 27.2 Å². The minimum atomic E-state index is 0. The maximum absolute atomic E-state index is 4.35. The molecule has 0 atom stereocenters. The van der Waals surface area contributed by atoms with Crippen LogP contribution in [0.25, 0.3) is 22.5 Å². The molecule has 0 fully saturated rings. The van der Waals surface area contributed by atoms with Gasteiger partial charge in [0.25, 0.3) is 0 Å². The molecule has 3 rings (SSSR count). The Kier molecular flexibility index (Phi) is 4.71. The zero-order chi connectivity index (χ0) is 14.1. The number of aromatic nitrogens is 3. The van der Waals surface area contributed by atoms with Crippen LogP contribution < -0.4 is 0 Å². The molecule has 109 valence electrons. The molecule has 4 heteroatoms. The van der Waals surface area contributed by atoms with Crippen molar-refractivity contribution in [1.82, 2.24) is 14.8 Å². The topological polar surface area (TPSA) is 30.7 Å². The molecule has 1 radical (unpaired) electrons. The molecule has 0 saturated heterocycles. The van der Waals surface area contributed by atoms with Crippen molar-refractivity contribution < 1.29 is 20.1 Å². The fourth-order valence-electron chi connectivity index (χ4n) is 2.59. The summed E-state index contributed by atoms with van der Waals surface area (Å²) in [6, 6.07) is 15.7. The number of benzene rings is 2. The van der Waals surface area contributed by atoms with Gasteiger partial charge >= 0.3 is 0 Å². The van der Waals surface area contributed by atoms with E-state index in [0.717, 1.165) is 17.0 Å². The molecule has 0 amide bonds. The second kappa shape index (κ2) is 6.33. The van der Waals surface area contributed by atoms with Gasteiger partial charge in [-0.2, -0.15) is 5.10 Å². The van der Waals surface area contributed by atoms with E-state index in [2.05, 4.69) is 54.3 Å². The number of hydrogen-bond donors (Lipinski definition) is 0. The largest absolute Gasteiger partial charge is 0.289 e. The predicted octanol–water partition coefficient (Wildman–Crippen LogP) is 3.56. The van der Waals surface area contributed by atoms with Crippen LogP contribution in [-0.4, -0.2) is 14.8 Å². The van der Waals surface area contributed by atoms with E-state index in [1.54, 1.807) is 11.0 Å². The maximum atomic E-state index is 4.35. The van der Waals surface area contributed by atoms with Gasteiger partial charge in [-0.05, 0) is 13.8 Å². The molecule has 0 saturated carbocycles. The molecule has 21 heavy (non-hydrogen) atoms. The summed E-state index contributed by atoms with van der Waals surface area (Å²) < 4.78 is 1.78. The van der Waals surface area contributed by atoms with Gasteiger partial charge in [-0.1, -0.05) is 46.0 Å². The van der Waals surface area contributed by atoms with Crippen molar-refractivity contribution >= 4 is 0 Å². The van der Waals surface area contributed by atoms with Crippen LogP contribution >= 0.6 is 0 Å². The van der Waals surface area contributed by atoms with Crippen LogP contribution in [-0.2, 0) is 27.2 Å². The van der Waals surface area contributed by atoms with E-state index >= 15 is 0 Å². The molecule has 2 aromatic carbocycles. The predicted molar refractivity (Wildman–Crippen MR) is 80.2 cm³/mol. The Labute approximate surface area is 138 Å². The normalized spacial score (nSPS) is 10.2. The third-order valence-electron chi connectivity index (χ3n) is 3.54. The molecule has 0 aliphatic carbocycles. The minimum Gasteiger partial charge on any atom is -0.289 e. The SMILES string of the molecule is Cc1cccc(C)c1-c1ccc[c-]c1-c1ncnn1C.[Ir]. The van der Waals surface area contributed by atoms with Crippen LogP contribution in [0, 0.1) is 19.9 Å². The Morgan fingerprint density at radius 1 is 1.05 bits per heavy atom. The van der Waals surface area contributed by atoms with Gasteiger partial charge in [0.2, 0.25) is 0 Å². The van der Waals surface area contributed by atoms with E-state index in [1.165, 1.54) is 16.7 Å². The fraction of sp³-hybridized carbons (Fsp3) is 0.176.